The third-order valence-corrected chi connectivity index (χ3v) is 5.81. The van der Waals surface area contributed by atoms with E-state index in [1.54, 1.807) is 31.4 Å². The SMILES string of the molecule is CCOC(=O)C1=C(CN2CCOCC2)NC(c2ccco2)=NC1c1ccc(F)cc1Br. The molecule has 0 spiro atoms. The van der Waals surface area contributed by atoms with Crippen molar-refractivity contribution in [1.29, 1.82) is 0 Å². The van der Waals surface area contributed by atoms with Gasteiger partial charge in [-0.1, -0.05) is 22.0 Å². The molecular weight excluding hydrogens is 469 g/mol. The Hall–Kier alpha value is -2.49. The van der Waals surface area contributed by atoms with Crippen LogP contribution in [0.15, 0.2) is 61.7 Å². The number of carbonyl (C=O) groups excluding carboxylic acids is 1. The van der Waals surface area contributed by atoms with Gasteiger partial charge in [-0.05, 0) is 36.8 Å². The maximum atomic E-state index is 13.8. The van der Waals surface area contributed by atoms with Crippen molar-refractivity contribution < 1.29 is 23.1 Å². The number of furan rings is 1. The Labute approximate surface area is 188 Å². The zero-order valence-corrected chi connectivity index (χ0v) is 18.7. The van der Waals surface area contributed by atoms with Gasteiger partial charge in [0.1, 0.15) is 11.9 Å². The van der Waals surface area contributed by atoms with Crippen molar-refractivity contribution in [2.75, 3.05) is 39.5 Å². The van der Waals surface area contributed by atoms with E-state index in [9.17, 15) is 9.18 Å². The van der Waals surface area contributed by atoms with E-state index in [1.807, 2.05) is 0 Å². The van der Waals surface area contributed by atoms with E-state index in [1.165, 1.54) is 12.1 Å². The monoisotopic (exact) mass is 491 g/mol. The van der Waals surface area contributed by atoms with Crippen LogP contribution in [0.5, 0.6) is 0 Å². The van der Waals surface area contributed by atoms with Gasteiger partial charge >= 0.3 is 5.97 Å². The second-order valence-corrected chi connectivity index (χ2v) is 8.00. The topological polar surface area (TPSA) is 76.3 Å². The molecule has 164 valence electrons. The summed E-state index contributed by atoms with van der Waals surface area (Å²) < 4.78 is 30.7. The predicted molar refractivity (Wildman–Crippen MR) is 116 cm³/mol. The van der Waals surface area contributed by atoms with Crippen LogP contribution in [0.4, 0.5) is 4.39 Å². The molecule has 1 unspecified atom stereocenters. The van der Waals surface area contributed by atoms with E-state index in [2.05, 4.69) is 26.1 Å². The highest BCUT2D eigenvalue weighted by Gasteiger charge is 2.34. The van der Waals surface area contributed by atoms with Gasteiger partial charge in [-0.15, -0.1) is 0 Å². The first kappa shape index (κ1) is 21.7. The lowest BCUT2D eigenvalue weighted by Gasteiger charge is -2.32. The lowest BCUT2D eigenvalue weighted by atomic mass is 9.95. The number of esters is 1. The Balaban J connectivity index is 1.81. The van der Waals surface area contributed by atoms with Crippen molar-refractivity contribution in [3.05, 3.63) is 69.5 Å². The number of benzene rings is 1. The summed E-state index contributed by atoms with van der Waals surface area (Å²) in [4.78, 5) is 20.0. The molecule has 1 atom stereocenters. The molecule has 1 aromatic heterocycles. The van der Waals surface area contributed by atoms with Crippen LogP contribution < -0.4 is 5.32 Å². The first-order valence-electron chi connectivity index (χ1n) is 10.1. The number of morpholine rings is 1. The number of nitrogens with one attached hydrogen (secondary N) is 1. The van der Waals surface area contributed by atoms with Crippen LogP contribution in [0, 0.1) is 5.82 Å². The highest BCUT2D eigenvalue weighted by atomic mass is 79.9. The van der Waals surface area contributed by atoms with Gasteiger partial charge < -0.3 is 19.2 Å². The standard InChI is InChI=1S/C22H23BrFN3O4/c1-2-30-22(28)19-17(13-27-7-10-29-11-8-27)25-21(18-4-3-9-31-18)26-20(19)15-6-5-14(24)12-16(15)23/h3-6,9,12,20H,2,7-8,10-11,13H2,1H3,(H,25,26). The second kappa shape index (κ2) is 9.76. The molecule has 2 aliphatic heterocycles. The third-order valence-electron chi connectivity index (χ3n) is 5.12. The Kier molecular flexibility index (Phi) is 6.84. The average molecular weight is 492 g/mol. The summed E-state index contributed by atoms with van der Waals surface area (Å²) in [5, 5.41) is 3.29. The van der Waals surface area contributed by atoms with Crippen molar-refractivity contribution in [3.63, 3.8) is 0 Å². The van der Waals surface area contributed by atoms with Crippen molar-refractivity contribution in [2.45, 2.75) is 13.0 Å². The van der Waals surface area contributed by atoms with Crippen LogP contribution in [0.25, 0.3) is 0 Å². The number of rotatable bonds is 6. The molecule has 3 heterocycles. The van der Waals surface area contributed by atoms with Gasteiger partial charge in [0.05, 0.1) is 31.7 Å². The Bertz CT molecular complexity index is 1000. The van der Waals surface area contributed by atoms with Gasteiger partial charge in [0.2, 0.25) is 0 Å². The summed E-state index contributed by atoms with van der Waals surface area (Å²) in [7, 11) is 0. The van der Waals surface area contributed by atoms with Gasteiger partial charge in [-0.3, -0.25) is 9.89 Å². The van der Waals surface area contributed by atoms with E-state index in [0.29, 0.717) is 52.7 Å². The van der Waals surface area contributed by atoms with Crippen LogP contribution >= 0.6 is 15.9 Å². The van der Waals surface area contributed by atoms with E-state index in [4.69, 9.17) is 18.9 Å². The third kappa shape index (κ3) is 4.89. The zero-order chi connectivity index (χ0) is 21.8. The molecule has 0 radical (unpaired) electrons. The van der Waals surface area contributed by atoms with Crippen LogP contribution in [-0.2, 0) is 14.3 Å². The lowest BCUT2D eigenvalue weighted by molar-refractivity contribution is -0.139. The van der Waals surface area contributed by atoms with Gasteiger partial charge in [0.15, 0.2) is 11.6 Å². The highest BCUT2D eigenvalue weighted by molar-refractivity contribution is 9.10. The minimum absolute atomic E-state index is 0.235. The minimum Gasteiger partial charge on any atom is -0.463 e. The molecule has 2 aromatic rings. The molecule has 0 bridgehead atoms. The van der Waals surface area contributed by atoms with Crippen molar-refractivity contribution in [1.82, 2.24) is 10.2 Å². The predicted octanol–water partition coefficient (Wildman–Crippen LogP) is 3.42. The summed E-state index contributed by atoms with van der Waals surface area (Å²) in [5.74, 6) is 0.213. The number of nitrogens with zero attached hydrogens (tertiary/aromatic N) is 2. The Morgan fingerprint density at radius 3 is 2.84 bits per heavy atom. The molecule has 31 heavy (non-hydrogen) atoms. The quantitative estimate of drug-likeness (QED) is 0.623. The normalized spacial score (nSPS) is 19.7. The molecule has 0 amide bonds. The molecule has 1 N–H and O–H groups in total. The van der Waals surface area contributed by atoms with Crippen LogP contribution in [0.3, 0.4) is 0 Å². The maximum Gasteiger partial charge on any atom is 0.338 e. The van der Waals surface area contributed by atoms with Crippen LogP contribution in [-0.4, -0.2) is 56.2 Å². The number of halogens is 2. The molecule has 0 saturated carbocycles. The van der Waals surface area contributed by atoms with E-state index < -0.39 is 12.0 Å². The molecule has 1 saturated heterocycles. The molecule has 7 nitrogen and oxygen atoms in total. The van der Waals surface area contributed by atoms with Crippen molar-refractivity contribution in [3.8, 4) is 0 Å². The van der Waals surface area contributed by atoms with Gasteiger partial charge in [0.25, 0.3) is 0 Å². The number of hydrogen-bond donors (Lipinski definition) is 1. The number of hydrogen-bond acceptors (Lipinski definition) is 7. The Morgan fingerprint density at radius 1 is 1.35 bits per heavy atom. The second-order valence-electron chi connectivity index (χ2n) is 7.15. The molecular formula is C22H23BrFN3O4. The summed E-state index contributed by atoms with van der Waals surface area (Å²) in [6.45, 7) is 5.25. The number of amidine groups is 1. The summed E-state index contributed by atoms with van der Waals surface area (Å²) in [5.41, 5.74) is 1.74. The smallest absolute Gasteiger partial charge is 0.338 e. The fourth-order valence-corrected chi connectivity index (χ4v) is 4.21. The van der Waals surface area contributed by atoms with Crippen molar-refractivity contribution in [2.24, 2.45) is 4.99 Å². The number of ether oxygens (including phenoxy) is 2. The lowest BCUT2D eigenvalue weighted by Crippen LogP contribution is -2.43. The fraction of sp³-hybridized carbons (Fsp3) is 0.364. The first-order chi connectivity index (χ1) is 15.1. The molecule has 0 aliphatic carbocycles. The van der Waals surface area contributed by atoms with E-state index >= 15 is 0 Å². The van der Waals surface area contributed by atoms with Gasteiger partial charge in [-0.2, -0.15) is 0 Å². The largest absolute Gasteiger partial charge is 0.463 e. The van der Waals surface area contributed by atoms with Gasteiger partial charge in [0, 0.05) is 29.8 Å². The maximum absolute atomic E-state index is 13.8. The molecule has 2 aliphatic rings. The highest BCUT2D eigenvalue weighted by Crippen LogP contribution is 2.37. The van der Waals surface area contributed by atoms with Crippen LogP contribution in [0.2, 0.25) is 0 Å². The first-order valence-corrected chi connectivity index (χ1v) is 10.9. The van der Waals surface area contributed by atoms with E-state index in [0.717, 1.165) is 13.1 Å². The molecule has 4 rings (SSSR count). The fourth-order valence-electron chi connectivity index (χ4n) is 3.64. The molecule has 1 aromatic carbocycles. The average Bonchev–Trinajstić information content (AvgIpc) is 3.29. The number of aliphatic imine (C=N–C) groups is 1. The zero-order valence-electron chi connectivity index (χ0n) is 17.1. The summed E-state index contributed by atoms with van der Waals surface area (Å²) >= 11 is 3.43. The summed E-state index contributed by atoms with van der Waals surface area (Å²) in [6.07, 6.45) is 1.56. The number of carbonyl (C=O) groups is 1. The van der Waals surface area contributed by atoms with Gasteiger partial charge in [-0.25, -0.2) is 9.18 Å². The molecule has 9 heteroatoms. The summed E-state index contributed by atoms with van der Waals surface area (Å²) in [6, 6.07) is 7.23. The minimum atomic E-state index is -0.689. The molecule has 1 fully saturated rings. The van der Waals surface area contributed by atoms with Crippen LogP contribution in [0.1, 0.15) is 24.3 Å². The van der Waals surface area contributed by atoms with E-state index in [-0.39, 0.29) is 12.4 Å². The van der Waals surface area contributed by atoms with Crippen molar-refractivity contribution >= 4 is 27.7 Å². The Morgan fingerprint density at radius 2 is 2.16 bits per heavy atom.